The molecule has 0 spiro atoms. The molecule has 140 valence electrons. The number of carbonyl (C=O) groups excluding carboxylic acids is 1. The molecule has 1 fully saturated rings. The maximum Gasteiger partial charge on any atom is 0.416 e. The molecule has 2 unspecified atom stereocenters. The largest absolute Gasteiger partial charge is 0.416 e. The topological polar surface area (TPSA) is 54.5 Å². The van der Waals surface area contributed by atoms with Crippen molar-refractivity contribution in [2.24, 2.45) is 0 Å². The van der Waals surface area contributed by atoms with Gasteiger partial charge >= 0.3 is 6.18 Å². The lowest BCUT2D eigenvalue weighted by Gasteiger charge is -2.38. The zero-order valence-electron chi connectivity index (χ0n) is 13.8. The SMILES string of the molecule is CCCC(I)C1(C)CCC(=O)N1S(=O)(=O)c1ccc(C(F)(F)F)cc1. The third-order valence-electron chi connectivity index (χ3n) is 4.47. The molecule has 1 aliphatic rings. The van der Waals surface area contributed by atoms with E-state index in [4.69, 9.17) is 0 Å². The van der Waals surface area contributed by atoms with Crippen molar-refractivity contribution in [2.45, 2.75) is 60.1 Å². The van der Waals surface area contributed by atoms with Gasteiger partial charge in [-0.3, -0.25) is 4.79 Å². The van der Waals surface area contributed by atoms with Crippen molar-refractivity contribution in [3.8, 4) is 0 Å². The van der Waals surface area contributed by atoms with Gasteiger partial charge in [0.25, 0.3) is 10.0 Å². The Morgan fingerprint density at radius 2 is 1.84 bits per heavy atom. The fourth-order valence-corrected chi connectivity index (χ4v) is 6.25. The predicted octanol–water partition coefficient (Wildman–Crippen LogP) is 4.38. The number of sulfonamides is 1. The van der Waals surface area contributed by atoms with Crippen LogP contribution in [0.15, 0.2) is 29.2 Å². The first kappa shape index (κ1) is 20.5. The van der Waals surface area contributed by atoms with E-state index < -0.39 is 33.2 Å². The van der Waals surface area contributed by atoms with Crippen LogP contribution < -0.4 is 0 Å². The van der Waals surface area contributed by atoms with Crippen LogP contribution in [-0.4, -0.2) is 28.1 Å². The molecule has 0 aliphatic carbocycles. The summed E-state index contributed by atoms with van der Waals surface area (Å²) in [6.45, 7) is 3.70. The van der Waals surface area contributed by atoms with Gasteiger partial charge in [0.2, 0.25) is 5.91 Å². The normalized spacial score (nSPS) is 23.1. The average Bonchev–Trinajstić information content (AvgIpc) is 2.84. The second kappa shape index (κ2) is 7.05. The second-order valence-corrected chi connectivity index (χ2v) is 9.59. The Kier molecular flexibility index (Phi) is 5.77. The van der Waals surface area contributed by atoms with Crippen LogP contribution in [0.25, 0.3) is 0 Å². The molecule has 1 saturated heterocycles. The summed E-state index contributed by atoms with van der Waals surface area (Å²) in [7, 11) is -4.21. The summed E-state index contributed by atoms with van der Waals surface area (Å²) in [5.41, 5.74) is -1.81. The van der Waals surface area contributed by atoms with Gasteiger partial charge in [0.1, 0.15) is 0 Å². The molecule has 9 heteroatoms. The smallest absolute Gasteiger partial charge is 0.274 e. The molecule has 1 aliphatic heterocycles. The van der Waals surface area contributed by atoms with Gasteiger partial charge < -0.3 is 0 Å². The van der Waals surface area contributed by atoms with Crippen LogP contribution in [0.5, 0.6) is 0 Å². The Hall–Kier alpha value is -0.840. The summed E-state index contributed by atoms with van der Waals surface area (Å²) in [5.74, 6) is -0.514. The predicted molar refractivity (Wildman–Crippen MR) is 95.8 cm³/mol. The van der Waals surface area contributed by atoms with Crippen molar-refractivity contribution in [3.63, 3.8) is 0 Å². The number of alkyl halides is 4. The van der Waals surface area contributed by atoms with Crippen molar-refractivity contribution in [2.75, 3.05) is 0 Å². The summed E-state index contributed by atoms with van der Waals surface area (Å²) in [4.78, 5) is 12.0. The Morgan fingerprint density at radius 3 is 2.32 bits per heavy atom. The third-order valence-corrected chi connectivity index (χ3v) is 8.41. The fourth-order valence-electron chi connectivity index (χ4n) is 3.03. The third kappa shape index (κ3) is 3.81. The molecule has 0 N–H and O–H groups in total. The summed E-state index contributed by atoms with van der Waals surface area (Å²) in [6, 6.07) is 3.26. The van der Waals surface area contributed by atoms with E-state index >= 15 is 0 Å². The van der Waals surface area contributed by atoms with Crippen molar-refractivity contribution < 1.29 is 26.4 Å². The summed E-state index contributed by atoms with van der Waals surface area (Å²) in [6.07, 6.45) is -2.46. The molecule has 0 bridgehead atoms. The highest BCUT2D eigenvalue weighted by Gasteiger charge is 2.52. The first-order valence-corrected chi connectivity index (χ1v) is 10.5. The van der Waals surface area contributed by atoms with Crippen LogP contribution in [0.3, 0.4) is 0 Å². The van der Waals surface area contributed by atoms with E-state index in [1.807, 2.05) is 6.92 Å². The van der Waals surface area contributed by atoms with Crippen LogP contribution in [0.2, 0.25) is 0 Å². The zero-order valence-corrected chi connectivity index (χ0v) is 16.8. The average molecular weight is 489 g/mol. The fraction of sp³-hybridized carbons (Fsp3) is 0.562. The molecule has 0 saturated carbocycles. The zero-order chi connectivity index (χ0) is 19.0. The van der Waals surface area contributed by atoms with E-state index in [0.29, 0.717) is 6.42 Å². The number of amides is 1. The minimum absolute atomic E-state index is 0.0780. The van der Waals surface area contributed by atoms with Gasteiger partial charge in [-0.2, -0.15) is 13.2 Å². The maximum atomic E-state index is 13.0. The van der Waals surface area contributed by atoms with E-state index in [9.17, 15) is 26.4 Å². The first-order valence-electron chi connectivity index (χ1n) is 7.84. The number of benzene rings is 1. The van der Waals surface area contributed by atoms with Crippen LogP contribution >= 0.6 is 22.6 Å². The highest BCUT2D eigenvalue weighted by Crippen LogP contribution is 2.42. The molecular weight excluding hydrogens is 470 g/mol. The summed E-state index contributed by atoms with van der Waals surface area (Å²) < 4.78 is 64.7. The highest BCUT2D eigenvalue weighted by atomic mass is 127. The summed E-state index contributed by atoms with van der Waals surface area (Å²) >= 11 is 2.15. The van der Waals surface area contributed by atoms with Gasteiger partial charge in [0.05, 0.1) is 16.0 Å². The second-order valence-electron chi connectivity index (χ2n) is 6.30. The standard InChI is InChI=1S/C16H19F3INO3S/c1-3-4-13(20)15(2)10-9-14(22)21(15)25(23,24)12-7-5-11(6-8-12)16(17,18)19/h5-8,13H,3-4,9-10H2,1-2H3. The molecule has 1 aromatic carbocycles. The molecule has 0 radical (unpaired) electrons. The van der Waals surface area contributed by atoms with Gasteiger partial charge in [0.15, 0.2) is 0 Å². The highest BCUT2D eigenvalue weighted by molar-refractivity contribution is 14.1. The number of carbonyl (C=O) groups is 1. The Bertz CT molecular complexity index is 749. The van der Waals surface area contributed by atoms with E-state index in [-0.39, 0.29) is 15.2 Å². The number of nitrogens with zero attached hydrogens (tertiary/aromatic N) is 1. The van der Waals surface area contributed by atoms with Crippen molar-refractivity contribution >= 4 is 38.5 Å². The molecular formula is C16H19F3INO3S. The van der Waals surface area contributed by atoms with Gasteiger partial charge in [-0.05, 0) is 44.0 Å². The van der Waals surface area contributed by atoms with Crippen LogP contribution in [-0.2, 0) is 21.0 Å². The van der Waals surface area contributed by atoms with E-state index in [1.165, 1.54) is 0 Å². The molecule has 4 nitrogen and oxygen atoms in total. The Labute approximate surface area is 159 Å². The van der Waals surface area contributed by atoms with Crippen molar-refractivity contribution in [3.05, 3.63) is 29.8 Å². The molecule has 1 amide bonds. The molecule has 2 rings (SSSR count). The van der Waals surface area contributed by atoms with Gasteiger partial charge in [0, 0.05) is 10.3 Å². The lowest BCUT2D eigenvalue weighted by atomic mass is 9.93. The van der Waals surface area contributed by atoms with Gasteiger partial charge in [-0.1, -0.05) is 35.9 Å². The lowest BCUT2D eigenvalue weighted by molar-refractivity contribution is -0.137. The maximum absolute atomic E-state index is 13.0. The van der Waals surface area contributed by atoms with E-state index in [0.717, 1.165) is 41.4 Å². The molecule has 25 heavy (non-hydrogen) atoms. The summed E-state index contributed by atoms with van der Waals surface area (Å²) in [5, 5.41) is 0. The molecule has 2 atom stereocenters. The van der Waals surface area contributed by atoms with Crippen molar-refractivity contribution in [1.82, 2.24) is 4.31 Å². The van der Waals surface area contributed by atoms with Gasteiger partial charge in [-0.15, -0.1) is 0 Å². The van der Waals surface area contributed by atoms with E-state index in [2.05, 4.69) is 22.6 Å². The number of hydrogen-bond acceptors (Lipinski definition) is 3. The van der Waals surface area contributed by atoms with Crippen LogP contribution in [0, 0.1) is 0 Å². The number of rotatable bonds is 5. The van der Waals surface area contributed by atoms with Crippen LogP contribution in [0.1, 0.15) is 45.1 Å². The minimum Gasteiger partial charge on any atom is -0.274 e. The number of hydrogen-bond donors (Lipinski definition) is 0. The Balaban J connectivity index is 2.44. The molecule has 0 aromatic heterocycles. The van der Waals surface area contributed by atoms with Crippen LogP contribution in [0.4, 0.5) is 13.2 Å². The number of halogens is 4. The van der Waals surface area contributed by atoms with Gasteiger partial charge in [-0.25, -0.2) is 12.7 Å². The lowest BCUT2D eigenvalue weighted by Crippen LogP contribution is -2.52. The monoisotopic (exact) mass is 489 g/mol. The van der Waals surface area contributed by atoms with E-state index in [1.54, 1.807) is 6.92 Å². The van der Waals surface area contributed by atoms with Crippen molar-refractivity contribution in [1.29, 1.82) is 0 Å². The quantitative estimate of drug-likeness (QED) is 0.456. The Morgan fingerprint density at radius 1 is 1.28 bits per heavy atom. The minimum atomic E-state index is -4.55. The first-order chi connectivity index (χ1) is 11.4. The molecule has 1 aromatic rings. The molecule has 1 heterocycles.